The van der Waals surface area contributed by atoms with Gasteiger partial charge in [-0.3, -0.25) is 14.9 Å². The van der Waals surface area contributed by atoms with Crippen molar-refractivity contribution in [3.8, 4) is 0 Å². The van der Waals surface area contributed by atoms with Crippen LogP contribution in [0.3, 0.4) is 0 Å². The topological polar surface area (TPSA) is 128 Å². The highest BCUT2D eigenvalue weighted by Gasteiger charge is 2.47. The molecule has 0 radical (unpaired) electrons. The number of primary amides is 1. The first-order valence-corrected chi connectivity index (χ1v) is 11.5. The third kappa shape index (κ3) is 6.27. The van der Waals surface area contributed by atoms with Gasteiger partial charge in [0, 0.05) is 29.2 Å². The van der Waals surface area contributed by atoms with Gasteiger partial charge in [0.25, 0.3) is 0 Å². The number of rotatable bonds is 7. The van der Waals surface area contributed by atoms with E-state index in [0.717, 1.165) is 24.3 Å². The molecule has 194 valence electrons. The number of ether oxygens (including phenoxy) is 1. The lowest BCUT2D eigenvalue weighted by Gasteiger charge is -2.45. The van der Waals surface area contributed by atoms with Crippen LogP contribution in [0.5, 0.6) is 0 Å². The van der Waals surface area contributed by atoms with E-state index in [1.165, 1.54) is 0 Å². The third-order valence-corrected chi connectivity index (χ3v) is 6.69. The maximum Gasteiger partial charge on any atom is 0.416 e. The van der Waals surface area contributed by atoms with Gasteiger partial charge in [-0.05, 0) is 48.7 Å². The lowest BCUT2D eigenvalue weighted by atomic mass is 9.66. The van der Waals surface area contributed by atoms with Crippen LogP contribution in [0.2, 0.25) is 5.02 Å². The van der Waals surface area contributed by atoms with Crippen molar-refractivity contribution >= 4 is 35.2 Å². The van der Waals surface area contributed by atoms with Crippen molar-refractivity contribution < 1.29 is 32.3 Å². The van der Waals surface area contributed by atoms with Crippen molar-refractivity contribution in [1.29, 1.82) is 0 Å². The molecule has 3 amide bonds. The lowest BCUT2D eigenvalue weighted by Crippen LogP contribution is -2.51. The number of hydrogen-bond donors (Lipinski definition) is 3. The fourth-order valence-corrected chi connectivity index (χ4v) is 4.69. The molecule has 1 aliphatic heterocycles. The molecule has 1 saturated heterocycles. The number of benzene rings is 2. The molecule has 5 N–H and O–H groups in total. The molecule has 1 fully saturated rings. The van der Waals surface area contributed by atoms with Gasteiger partial charge in [-0.2, -0.15) is 13.2 Å². The van der Waals surface area contributed by atoms with Gasteiger partial charge in [-0.15, -0.1) is 0 Å². The smallest absolute Gasteiger partial charge is 0.416 e. The van der Waals surface area contributed by atoms with E-state index in [9.17, 15) is 27.6 Å². The predicted octanol–water partition coefficient (Wildman–Crippen LogP) is 3.74. The quantitative estimate of drug-likeness (QED) is 0.506. The van der Waals surface area contributed by atoms with Crippen LogP contribution in [0.25, 0.3) is 0 Å². The Morgan fingerprint density at radius 3 is 2.22 bits per heavy atom. The van der Waals surface area contributed by atoms with E-state index in [1.54, 1.807) is 29.2 Å². The molecule has 36 heavy (non-hydrogen) atoms. The third-order valence-electron chi connectivity index (χ3n) is 6.35. The summed E-state index contributed by atoms with van der Waals surface area (Å²) in [6, 6.07) is 10.6. The normalized spacial score (nSPS) is 16.2. The molecule has 12 heteroatoms. The number of nitrogens with zero attached hydrogens (tertiary/aromatic N) is 1. The zero-order valence-corrected chi connectivity index (χ0v) is 19.9. The number of carbonyl (C=O) groups excluding carboxylic acids is 3. The van der Waals surface area contributed by atoms with E-state index >= 15 is 0 Å². The van der Waals surface area contributed by atoms with Crippen LogP contribution in [0.4, 0.5) is 23.7 Å². The number of halogens is 4. The first kappa shape index (κ1) is 27.3. The van der Waals surface area contributed by atoms with Crippen molar-refractivity contribution in [3.63, 3.8) is 0 Å². The molecule has 3 rings (SSSR count). The molecule has 1 heterocycles. The highest BCUT2D eigenvalue weighted by atomic mass is 35.5. The van der Waals surface area contributed by atoms with Gasteiger partial charge in [0.15, 0.2) is 0 Å². The average molecular weight is 527 g/mol. The summed E-state index contributed by atoms with van der Waals surface area (Å²) in [5, 5.41) is 2.70. The molecule has 1 aliphatic rings. The Kier molecular flexibility index (Phi) is 8.47. The first-order valence-electron chi connectivity index (χ1n) is 11.1. The SMILES string of the molecule is NCC(=O)N1CCC(COC(=O)Nc2ccc(C(F)(F)F)cc2)(C(C(N)=O)c2ccccc2Cl)CC1. The van der Waals surface area contributed by atoms with Crippen molar-refractivity contribution in [1.82, 2.24) is 4.90 Å². The second-order valence-corrected chi connectivity index (χ2v) is 8.99. The van der Waals surface area contributed by atoms with Crippen LogP contribution in [0, 0.1) is 5.41 Å². The maximum atomic E-state index is 12.8. The summed E-state index contributed by atoms with van der Waals surface area (Å²) in [6.45, 7) is 0.105. The number of nitrogens with one attached hydrogen (secondary N) is 1. The molecule has 0 spiro atoms. The van der Waals surface area contributed by atoms with Gasteiger partial charge in [0.1, 0.15) is 6.61 Å². The Morgan fingerprint density at radius 1 is 1.08 bits per heavy atom. The highest BCUT2D eigenvalue weighted by Crippen LogP contribution is 2.46. The minimum atomic E-state index is -4.51. The zero-order valence-electron chi connectivity index (χ0n) is 19.2. The van der Waals surface area contributed by atoms with E-state index in [4.69, 9.17) is 27.8 Å². The van der Waals surface area contributed by atoms with Gasteiger partial charge >= 0.3 is 12.3 Å². The van der Waals surface area contributed by atoms with Gasteiger partial charge < -0.3 is 21.1 Å². The second-order valence-electron chi connectivity index (χ2n) is 8.58. The van der Waals surface area contributed by atoms with Crippen molar-refractivity contribution in [2.24, 2.45) is 16.9 Å². The number of piperidine rings is 1. The molecule has 1 unspecified atom stereocenters. The average Bonchev–Trinajstić information content (AvgIpc) is 2.84. The molecular weight excluding hydrogens is 501 g/mol. The number of carbonyl (C=O) groups is 3. The molecule has 2 aromatic carbocycles. The largest absolute Gasteiger partial charge is 0.449 e. The molecule has 0 aliphatic carbocycles. The highest BCUT2D eigenvalue weighted by molar-refractivity contribution is 6.31. The van der Waals surface area contributed by atoms with E-state index < -0.39 is 35.1 Å². The summed E-state index contributed by atoms with van der Waals surface area (Å²) in [4.78, 5) is 38.9. The summed E-state index contributed by atoms with van der Waals surface area (Å²) in [6.07, 6.45) is -4.89. The van der Waals surface area contributed by atoms with Gasteiger partial charge in [-0.1, -0.05) is 29.8 Å². The summed E-state index contributed by atoms with van der Waals surface area (Å²) in [7, 11) is 0. The molecule has 8 nitrogen and oxygen atoms in total. The Hall–Kier alpha value is -3.31. The Labute approximate surface area is 210 Å². The number of alkyl halides is 3. The molecule has 0 bridgehead atoms. The molecular formula is C24H26ClF3N4O4. The van der Waals surface area contributed by atoms with Crippen molar-refractivity contribution in [3.05, 3.63) is 64.7 Å². The van der Waals surface area contributed by atoms with Crippen molar-refractivity contribution in [2.45, 2.75) is 24.9 Å². The minimum Gasteiger partial charge on any atom is -0.449 e. The summed E-state index contributed by atoms with van der Waals surface area (Å²) < 4.78 is 43.8. The number of anilines is 1. The zero-order chi connectivity index (χ0) is 26.5. The van der Waals surface area contributed by atoms with E-state index in [2.05, 4.69) is 5.32 Å². The maximum absolute atomic E-state index is 12.8. The van der Waals surface area contributed by atoms with Crippen molar-refractivity contribution in [2.75, 3.05) is 31.6 Å². The standard InChI is InChI=1S/C24H26ClF3N4O4/c25-18-4-2-1-3-17(18)20(21(30)34)23(9-11-32(12-10-23)19(33)13-29)14-36-22(35)31-16-7-5-15(6-8-16)24(26,27)28/h1-8,20H,9-14,29H2,(H2,30,34)(H,31,35). The van der Waals surface area contributed by atoms with E-state index in [0.29, 0.717) is 10.6 Å². The van der Waals surface area contributed by atoms with Crippen LogP contribution >= 0.6 is 11.6 Å². The Bertz CT molecular complexity index is 1100. The van der Waals surface area contributed by atoms with E-state index in [1.807, 2.05) is 0 Å². The fraction of sp³-hybridized carbons (Fsp3) is 0.375. The predicted molar refractivity (Wildman–Crippen MR) is 127 cm³/mol. The molecule has 1 atom stereocenters. The Balaban J connectivity index is 1.81. The summed E-state index contributed by atoms with van der Waals surface area (Å²) in [5.41, 5.74) is 10.0. The summed E-state index contributed by atoms with van der Waals surface area (Å²) in [5.74, 6) is -1.86. The van der Waals surface area contributed by atoms with Crippen LogP contribution in [-0.2, 0) is 20.5 Å². The van der Waals surface area contributed by atoms with Crippen LogP contribution in [0.1, 0.15) is 29.9 Å². The first-order chi connectivity index (χ1) is 17.0. The fourth-order valence-electron chi connectivity index (χ4n) is 4.45. The molecule has 0 saturated carbocycles. The summed E-state index contributed by atoms with van der Waals surface area (Å²) >= 11 is 6.37. The van der Waals surface area contributed by atoms with Gasteiger partial charge in [0.2, 0.25) is 11.8 Å². The van der Waals surface area contributed by atoms with Gasteiger partial charge in [-0.25, -0.2) is 4.79 Å². The number of likely N-dealkylation sites (tertiary alicyclic amines) is 1. The van der Waals surface area contributed by atoms with Crippen LogP contribution in [-0.4, -0.2) is 49.0 Å². The van der Waals surface area contributed by atoms with E-state index in [-0.39, 0.29) is 50.7 Å². The monoisotopic (exact) mass is 526 g/mol. The van der Waals surface area contributed by atoms with Crippen LogP contribution in [0.15, 0.2) is 48.5 Å². The molecule has 2 aromatic rings. The second kappa shape index (κ2) is 11.2. The number of amides is 3. The minimum absolute atomic E-state index is 0.1000. The van der Waals surface area contributed by atoms with Gasteiger partial charge in [0.05, 0.1) is 18.0 Å². The lowest BCUT2D eigenvalue weighted by molar-refractivity contribution is -0.137. The molecule has 0 aromatic heterocycles. The van der Waals surface area contributed by atoms with Crippen LogP contribution < -0.4 is 16.8 Å². The number of hydrogen-bond acceptors (Lipinski definition) is 5. The Morgan fingerprint density at radius 2 is 1.69 bits per heavy atom. The number of nitrogens with two attached hydrogens (primary N) is 2.